The van der Waals surface area contributed by atoms with Crippen LogP contribution in [0.5, 0.6) is 5.75 Å². The van der Waals surface area contributed by atoms with Crippen LogP contribution in [0.25, 0.3) is 0 Å². The summed E-state index contributed by atoms with van der Waals surface area (Å²) in [6.07, 6.45) is -1.33. The minimum Gasteiger partial charge on any atom is -0.481 e. The van der Waals surface area contributed by atoms with Crippen molar-refractivity contribution in [3.63, 3.8) is 0 Å². The van der Waals surface area contributed by atoms with Crippen LogP contribution >= 0.6 is 0 Å². The first-order chi connectivity index (χ1) is 8.13. The Balaban J connectivity index is 2.06. The standard InChI is InChI=1S/C12H14F2O3/c1-2-16-12-9(15)6-10(12)17-11-7(13)4-3-5-8(11)14/h3-5,9-10,12,15H,2,6H2,1H3. The van der Waals surface area contributed by atoms with Gasteiger partial charge in [-0.25, -0.2) is 8.78 Å². The van der Waals surface area contributed by atoms with Crippen molar-refractivity contribution in [2.75, 3.05) is 6.61 Å². The van der Waals surface area contributed by atoms with Crippen LogP contribution < -0.4 is 4.74 Å². The second-order valence-electron chi connectivity index (χ2n) is 3.93. The van der Waals surface area contributed by atoms with Gasteiger partial charge in [0.1, 0.15) is 12.2 Å². The van der Waals surface area contributed by atoms with E-state index < -0.39 is 35.7 Å². The van der Waals surface area contributed by atoms with Gasteiger partial charge in [0.2, 0.25) is 0 Å². The first-order valence-corrected chi connectivity index (χ1v) is 5.53. The third-order valence-electron chi connectivity index (χ3n) is 2.77. The predicted molar refractivity (Wildman–Crippen MR) is 56.8 cm³/mol. The molecule has 3 atom stereocenters. The molecule has 1 saturated carbocycles. The summed E-state index contributed by atoms with van der Waals surface area (Å²) in [7, 11) is 0. The third-order valence-corrected chi connectivity index (χ3v) is 2.77. The van der Waals surface area contributed by atoms with Crippen LogP contribution in [-0.2, 0) is 4.74 Å². The summed E-state index contributed by atoms with van der Waals surface area (Å²) < 4.78 is 37.1. The molecule has 0 bridgehead atoms. The first-order valence-electron chi connectivity index (χ1n) is 5.53. The number of para-hydroxylation sites is 1. The Hall–Kier alpha value is -1.20. The predicted octanol–water partition coefficient (Wildman–Crippen LogP) is 1.88. The first kappa shape index (κ1) is 12.3. The molecule has 1 aliphatic rings. The minimum absolute atomic E-state index is 0.318. The van der Waals surface area contributed by atoms with E-state index >= 15 is 0 Å². The lowest BCUT2D eigenvalue weighted by molar-refractivity contribution is -0.161. The van der Waals surface area contributed by atoms with Crippen LogP contribution in [0.15, 0.2) is 18.2 Å². The zero-order valence-electron chi connectivity index (χ0n) is 9.40. The van der Waals surface area contributed by atoms with Crippen molar-refractivity contribution in [1.82, 2.24) is 0 Å². The number of hydrogen-bond donors (Lipinski definition) is 1. The van der Waals surface area contributed by atoms with Crippen LogP contribution in [0.2, 0.25) is 0 Å². The van der Waals surface area contributed by atoms with Crippen LogP contribution in [0.4, 0.5) is 8.78 Å². The van der Waals surface area contributed by atoms with Crippen LogP contribution in [-0.4, -0.2) is 30.0 Å². The van der Waals surface area contributed by atoms with E-state index in [1.807, 2.05) is 0 Å². The van der Waals surface area contributed by atoms with Gasteiger partial charge in [-0.3, -0.25) is 0 Å². The average Bonchev–Trinajstić information content (AvgIpc) is 2.29. The van der Waals surface area contributed by atoms with E-state index in [1.165, 1.54) is 6.07 Å². The van der Waals surface area contributed by atoms with Crippen LogP contribution in [0.1, 0.15) is 13.3 Å². The maximum Gasteiger partial charge on any atom is 0.191 e. The highest BCUT2D eigenvalue weighted by Gasteiger charge is 2.43. The second-order valence-corrected chi connectivity index (χ2v) is 3.93. The molecule has 1 fully saturated rings. The topological polar surface area (TPSA) is 38.7 Å². The highest BCUT2D eigenvalue weighted by atomic mass is 19.1. The van der Waals surface area contributed by atoms with Gasteiger partial charge in [-0.05, 0) is 19.1 Å². The number of halogens is 2. The van der Waals surface area contributed by atoms with Gasteiger partial charge in [-0.2, -0.15) is 0 Å². The molecule has 0 spiro atoms. The lowest BCUT2D eigenvalue weighted by atomic mass is 9.88. The van der Waals surface area contributed by atoms with Gasteiger partial charge in [-0.1, -0.05) is 6.07 Å². The van der Waals surface area contributed by atoms with Crippen LogP contribution in [0.3, 0.4) is 0 Å². The van der Waals surface area contributed by atoms with E-state index in [9.17, 15) is 13.9 Å². The van der Waals surface area contributed by atoms with Crippen molar-refractivity contribution < 1.29 is 23.4 Å². The molecule has 0 aromatic heterocycles. The van der Waals surface area contributed by atoms with E-state index in [-0.39, 0.29) is 0 Å². The normalized spacial score (nSPS) is 27.6. The molecule has 0 heterocycles. The van der Waals surface area contributed by atoms with Crippen LogP contribution in [0, 0.1) is 11.6 Å². The molecule has 0 aliphatic heterocycles. The van der Waals surface area contributed by atoms with Crippen molar-refractivity contribution >= 4 is 0 Å². The molecule has 1 aromatic carbocycles. The molecule has 0 saturated heterocycles. The van der Waals surface area contributed by atoms with E-state index in [2.05, 4.69) is 0 Å². The quantitative estimate of drug-likeness (QED) is 0.879. The maximum absolute atomic E-state index is 13.3. The number of hydrogen-bond acceptors (Lipinski definition) is 3. The summed E-state index contributed by atoms with van der Waals surface area (Å²) in [6, 6.07) is 3.53. The monoisotopic (exact) mass is 244 g/mol. The number of rotatable bonds is 4. The summed E-state index contributed by atoms with van der Waals surface area (Å²) in [5.74, 6) is -1.91. The maximum atomic E-state index is 13.3. The molecule has 1 N–H and O–H groups in total. The molecule has 2 rings (SSSR count). The van der Waals surface area contributed by atoms with Crippen molar-refractivity contribution in [2.24, 2.45) is 0 Å². The van der Waals surface area contributed by atoms with E-state index in [4.69, 9.17) is 9.47 Å². The average molecular weight is 244 g/mol. The van der Waals surface area contributed by atoms with Gasteiger partial charge >= 0.3 is 0 Å². The van der Waals surface area contributed by atoms with E-state index in [1.54, 1.807) is 6.92 Å². The fourth-order valence-electron chi connectivity index (χ4n) is 1.83. The van der Waals surface area contributed by atoms with Crippen molar-refractivity contribution in [1.29, 1.82) is 0 Å². The van der Waals surface area contributed by atoms with Gasteiger partial charge < -0.3 is 14.6 Å². The highest BCUT2D eigenvalue weighted by molar-refractivity contribution is 5.26. The fourth-order valence-corrected chi connectivity index (χ4v) is 1.83. The Morgan fingerprint density at radius 2 is 2.00 bits per heavy atom. The molecule has 94 valence electrons. The number of ether oxygens (including phenoxy) is 2. The lowest BCUT2D eigenvalue weighted by Crippen LogP contribution is -2.55. The fraction of sp³-hybridized carbons (Fsp3) is 0.500. The molecule has 3 nitrogen and oxygen atoms in total. The highest BCUT2D eigenvalue weighted by Crippen LogP contribution is 2.31. The van der Waals surface area contributed by atoms with Gasteiger partial charge in [-0.15, -0.1) is 0 Å². The molecule has 1 aromatic rings. The Morgan fingerprint density at radius 3 is 2.53 bits per heavy atom. The number of aliphatic hydroxyl groups is 1. The zero-order chi connectivity index (χ0) is 12.4. The lowest BCUT2D eigenvalue weighted by Gasteiger charge is -2.40. The molecular formula is C12H14F2O3. The van der Waals surface area contributed by atoms with Gasteiger partial charge in [0.05, 0.1) is 6.10 Å². The van der Waals surface area contributed by atoms with E-state index in [0.29, 0.717) is 13.0 Å². The molecular weight excluding hydrogens is 230 g/mol. The number of aliphatic hydroxyl groups excluding tert-OH is 1. The Kier molecular flexibility index (Phi) is 3.59. The van der Waals surface area contributed by atoms with Gasteiger partial charge in [0, 0.05) is 13.0 Å². The summed E-state index contributed by atoms with van der Waals surface area (Å²) in [6.45, 7) is 2.20. The summed E-state index contributed by atoms with van der Waals surface area (Å²) in [5, 5.41) is 9.43. The Bertz CT molecular complexity index is 377. The van der Waals surface area contributed by atoms with Crippen molar-refractivity contribution in [2.45, 2.75) is 31.7 Å². The second kappa shape index (κ2) is 4.98. The molecule has 17 heavy (non-hydrogen) atoms. The smallest absolute Gasteiger partial charge is 0.191 e. The largest absolute Gasteiger partial charge is 0.481 e. The molecule has 3 unspecified atom stereocenters. The molecule has 5 heteroatoms. The molecule has 1 aliphatic carbocycles. The van der Waals surface area contributed by atoms with Gasteiger partial charge in [0.25, 0.3) is 0 Å². The number of benzene rings is 1. The summed E-state index contributed by atoms with van der Waals surface area (Å²) in [4.78, 5) is 0. The summed E-state index contributed by atoms with van der Waals surface area (Å²) >= 11 is 0. The van der Waals surface area contributed by atoms with Crippen molar-refractivity contribution in [3.8, 4) is 5.75 Å². The minimum atomic E-state index is -0.748. The molecule has 0 amide bonds. The van der Waals surface area contributed by atoms with Crippen molar-refractivity contribution in [3.05, 3.63) is 29.8 Å². The van der Waals surface area contributed by atoms with Gasteiger partial charge in [0.15, 0.2) is 17.4 Å². The third kappa shape index (κ3) is 2.40. The molecule has 0 radical (unpaired) electrons. The summed E-state index contributed by atoms with van der Waals surface area (Å²) in [5.41, 5.74) is 0. The zero-order valence-corrected chi connectivity index (χ0v) is 9.40. The van der Waals surface area contributed by atoms with E-state index in [0.717, 1.165) is 12.1 Å². The Labute approximate surface area is 98.0 Å². The SMILES string of the molecule is CCOC1C(O)CC1Oc1c(F)cccc1F. The Morgan fingerprint density at radius 1 is 1.35 bits per heavy atom.